The third-order valence-corrected chi connectivity index (χ3v) is 4.12. The molecule has 0 aromatic heterocycles. The summed E-state index contributed by atoms with van der Waals surface area (Å²) in [4.78, 5) is 0. The fourth-order valence-electron chi connectivity index (χ4n) is 2.68. The summed E-state index contributed by atoms with van der Waals surface area (Å²) >= 11 is 0. The summed E-state index contributed by atoms with van der Waals surface area (Å²) in [5.74, 6) is 2.11. The number of benzene rings is 1. The number of phenols is 2. The molecule has 0 bridgehead atoms. The molecule has 1 atom stereocenters. The van der Waals surface area contributed by atoms with Crippen LogP contribution < -0.4 is 0 Å². The van der Waals surface area contributed by atoms with Crippen LogP contribution in [0.25, 0.3) is 0 Å². The minimum Gasteiger partial charge on any atom is -0.508 e. The SMILES string of the molecule is CC1=CCC(C(C)C)CC1.CCCc1cc(O)cc(O)c1. The average molecular weight is 290 g/mol. The Bertz CT molecular complexity index is 440. The van der Waals surface area contributed by atoms with Crippen LogP contribution in [-0.4, -0.2) is 10.2 Å². The first kappa shape index (κ1) is 17.6. The molecule has 0 amide bonds. The third kappa shape index (κ3) is 6.70. The van der Waals surface area contributed by atoms with E-state index < -0.39 is 0 Å². The first-order valence-corrected chi connectivity index (χ1v) is 8.09. The molecular weight excluding hydrogens is 260 g/mol. The zero-order valence-electron chi connectivity index (χ0n) is 13.9. The lowest BCUT2D eigenvalue weighted by atomic mass is 9.83. The zero-order valence-corrected chi connectivity index (χ0v) is 13.9. The predicted octanol–water partition coefficient (Wildman–Crippen LogP) is 5.44. The molecule has 2 N–H and O–H groups in total. The van der Waals surface area contributed by atoms with Gasteiger partial charge in [-0.25, -0.2) is 0 Å². The maximum Gasteiger partial charge on any atom is 0.119 e. The molecule has 1 aliphatic rings. The van der Waals surface area contributed by atoms with E-state index in [9.17, 15) is 0 Å². The average Bonchev–Trinajstić information content (AvgIpc) is 2.39. The number of rotatable bonds is 3. The van der Waals surface area contributed by atoms with E-state index in [0.29, 0.717) is 0 Å². The summed E-state index contributed by atoms with van der Waals surface area (Å²) in [6, 6.07) is 4.67. The Morgan fingerprint density at radius 2 is 1.76 bits per heavy atom. The second-order valence-corrected chi connectivity index (χ2v) is 6.44. The molecule has 0 saturated heterocycles. The molecule has 118 valence electrons. The maximum absolute atomic E-state index is 9.06. The fourth-order valence-corrected chi connectivity index (χ4v) is 2.68. The van der Waals surface area contributed by atoms with Crippen molar-refractivity contribution in [2.24, 2.45) is 11.8 Å². The van der Waals surface area contributed by atoms with Gasteiger partial charge in [0, 0.05) is 6.07 Å². The van der Waals surface area contributed by atoms with Crippen LogP contribution in [0.5, 0.6) is 11.5 Å². The van der Waals surface area contributed by atoms with E-state index in [1.54, 1.807) is 17.7 Å². The minimum atomic E-state index is 0.133. The topological polar surface area (TPSA) is 40.5 Å². The van der Waals surface area contributed by atoms with Gasteiger partial charge in [-0.1, -0.05) is 38.8 Å². The normalized spacial score (nSPS) is 18.0. The Labute approximate surface area is 129 Å². The smallest absolute Gasteiger partial charge is 0.119 e. The third-order valence-electron chi connectivity index (χ3n) is 4.12. The monoisotopic (exact) mass is 290 g/mol. The van der Waals surface area contributed by atoms with Gasteiger partial charge >= 0.3 is 0 Å². The fraction of sp³-hybridized carbons (Fsp3) is 0.579. The first-order valence-electron chi connectivity index (χ1n) is 8.09. The van der Waals surface area contributed by atoms with Crippen LogP contribution in [0.2, 0.25) is 0 Å². The molecule has 0 fully saturated rings. The van der Waals surface area contributed by atoms with Crippen LogP contribution in [0.4, 0.5) is 0 Å². The highest BCUT2D eigenvalue weighted by Crippen LogP contribution is 2.28. The Hall–Kier alpha value is -1.44. The Morgan fingerprint density at radius 1 is 1.14 bits per heavy atom. The van der Waals surface area contributed by atoms with Gasteiger partial charge in [0.25, 0.3) is 0 Å². The van der Waals surface area contributed by atoms with Gasteiger partial charge < -0.3 is 10.2 Å². The van der Waals surface area contributed by atoms with E-state index in [2.05, 4.69) is 33.8 Å². The molecule has 2 nitrogen and oxygen atoms in total. The van der Waals surface area contributed by atoms with Crippen LogP contribution >= 0.6 is 0 Å². The predicted molar refractivity (Wildman–Crippen MR) is 89.7 cm³/mol. The standard InChI is InChI=1S/C10H18.C9H12O2/c1-8(2)10-6-4-9(3)5-7-10;1-2-3-7-4-8(10)6-9(11)5-7/h4,8,10H,5-7H2,1-3H3;4-6,10-11H,2-3H2,1H3. The molecule has 1 aliphatic carbocycles. The van der Waals surface area contributed by atoms with Gasteiger partial charge in [-0.15, -0.1) is 0 Å². The summed E-state index contributed by atoms with van der Waals surface area (Å²) in [5, 5.41) is 18.1. The van der Waals surface area contributed by atoms with Crippen LogP contribution in [0.15, 0.2) is 29.8 Å². The largest absolute Gasteiger partial charge is 0.508 e. The van der Waals surface area contributed by atoms with Gasteiger partial charge in [0.1, 0.15) is 11.5 Å². The molecule has 21 heavy (non-hydrogen) atoms. The van der Waals surface area contributed by atoms with Crippen molar-refractivity contribution in [2.75, 3.05) is 0 Å². The Morgan fingerprint density at radius 3 is 2.19 bits per heavy atom. The minimum absolute atomic E-state index is 0.133. The quantitative estimate of drug-likeness (QED) is 0.728. The van der Waals surface area contributed by atoms with Crippen molar-refractivity contribution < 1.29 is 10.2 Å². The van der Waals surface area contributed by atoms with Crippen LogP contribution in [-0.2, 0) is 6.42 Å². The number of aromatic hydroxyl groups is 2. The summed E-state index contributed by atoms with van der Waals surface area (Å²) < 4.78 is 0. The van der Waals surface area contributed by atoms with Gasteiger partial charge in [-0.05, 0) is 62.1 Å². The number of aryl methyl sites for hydroxylation is 1. The number of phenolic OH excluding ortho intramolecular Hbond substituents is 2. The van der Waals surface area contributed by atoms with Crippen molar-refractivity contribution in [1.82, 2.24) is 0 Å². The van der Waals surface area contributed by atoms with E-state index in [-0.39, 0.29) is 11.5 Å². The Balaban J connectivity index is 0.000000211. The van der Waals surface area contributed by atoms with E-state index in [0.717, 1.165) is 30.2 Å². The van der Waals surface area contributed by atoms with Crippen molar-refractivity contribution in [1.29, 1.82) is 0 Å². The van der Waals surface area contributed by atoms with Gasteiger partial charge in [-0.3, -0.25) is 0 Å². The van der Waals surface area contributed by atoms with E-state index in [1.165, 1.54) is 25.3 Å². The number of hydrogen-bond donors (Lipinski definition) is 2. The molecule has 2 rings (SSSR count). The molecule has 1 unspecified atom stereocenters. The molecule has 1 aromatic rings. The Kier molecular flexibility index (Phi) is 7.35. The summed E-state index contributed by atoms with van der Waals surface area (Å²) in [7, 11) is 0. The summed E-state index contributed by atoms with van der Waals surface area (Å²) in [5.41, 5.74) is 2.57. The molecule has 0 spiro atoms. The van der Waals surface area contributed by atoms with Crippen LogP contribution in [0.1, 0.15) is 58.9 Å². The summed E-state index contributed by atoms with van der Waals surface area (Å²) in [6.07, 6.45) is 8.39. The van der Waals surface area contributed by atoms with Crippen molar-refractivity contribution in [3.05, 3.63) is 35.4 Å². The molecule has 0 aliphatic heterocycles. The van der Waals surface area contributed by atoms with Gasteiger partial charge in [0.15, 0.2) is 0 Å². The second kappa shape index (κ2) is 8.76. The lowest BCUT2D eigenvalue weighted by Crippen LogP contribution is -2.10. The van der Waals surface area contributed by atoms with E-state index in [1.807, 2.05) is 0 Å². The molecule has 0 saturated carbocycles. The second-order valence-electron chi connectivity index (χ2n) is 6.44. The molecule has 1 aromatic carbocycles. The van der Waals surface area contributed by atoms with Gasteiger partial charge in [0.2, 0.25) is 0 Å². The summed E-state index contributed by atoms with van der Waals surface area (Å²) in [6.45, 7) is 8.97. The molecular formula is C19H30O2. The van der Waals surface area contributed by atoms with Crippen molar-refractivity contribution >= 4 is 0 Å². The lowest BCUT2D eigenvalue weighted by molar-refractivity contribution is 0.350. The van der Waals surface area contributed by atoms with Crippen LogP contribution in [0, 0.1) is 11.8 Å². The maximum atomic E-state index is 9.06. The molecule has 0 radical (unpaired) electrons. The molecule has 0 heterocycles. The van der Waals surface area contributed by atoms with E-state index >= 15 is 0 Å². The number of hydrogen-bond acceptors (Lipinski definition) is 2. The van der Waals surface area contributed by atoms with Crippen molar-refractivity contribution in [2.45, 2.75) is 59.8 Å². The molecule has 2 heteroatoms. The lowest BCUT2D eigenvalue weighted by Gasteiger charge is -2.23. The van der Waals surface area contributed by atoms with Crippen LogP contribution in [0.3, 0.4) is 0 Å². The van der Waals surface area contributed by atoms with Gasteiger partial charge in [-0.2, -0.15) is 0 Å². The van der Waals surface area contributed by atoms with E-state index in [4.69, 9.17) is 10.2 Å². The van der Waals surface area contributed by atoms with Crippen molar-refractivity contribution in [3.63, 3.8) is 0 Å². The highest BCUT2D eigenvalue weighted by Gasteiger charge is 2.15. The highest BCUT2D eigenvalue weighted by atomic mass is 16.3. The number of allylic oxidation sites excluding steroid dienone is 2. The van der Waals surface area contributed by atoms with Gasteiger partial charge in [0.05, 0.1) is 0 Å². The zero-order chi connectivity index (χ0) is 15.8. The highest BCUT2D eigenvalue weighted by molar-refractivity contribution is 5.36. The van der Waals surface area contributed by atoms with Crippen molar-refractivity contribution in [3.8, 4) is 11.5 Å². The first-order chi connectivity index (χ1) is 9.92.